The molecule has 0 saturated heterocycles. The van der Waals surface area contributed by atoms with E-state index in [2.05, 4.69) is 29.6 Å². The summed E-state index contributed by atoms with van der Waals surface area (Å²) in [5.74, 6) is 0.00261. The number of benzene rings is 2. The quantitative estimate of drug-likeness (QED) is 0.629. The van der Waals surface area contributed by atoms with Gasteiger partial charge in [0.2, 0.25) is 5.91 Å². The minimum absolute atomic E-state index is 0.00261. The maximum Gasteiger partial charge on any atom is 0.234 e. The molecule has 26 heavy (non-hydrogen) atoms. The van der Waals surface area contributed by atoms with Crippen molar-refractivity contribution < 1.29 is 14.3 Å². The number of methoxy groups -OCH3 is 2. The molecule has 2 rings (SSSR count). The number of rotatable bonds is 11. The lowest BCUT2D eigenvalue weighted by molar-refractivity contribution is -0.130. The monoisotopic (exact) mass is 356 g/mol. The Morgan fingerprint density at radius 3 is 2.12 bits per heavy atom. The second-order valence-electron chi connectivity index (χ2n) is 6.14. The highest BCUT2D eigenvalue weighted by Gasteiger charge is 2.16. The van der Waals surface area contributed by atoms with Crippen LogP contribution in [-0.2, 0) is 27.2 Å². The van der Waals surface area contributed by atoms with Crippen LogP contribution in [0.5, 0.6) is 0 Å². The number of ether oxygens (including phenoxy) is 2. The SMILES string of the molecule is COC(CN(CC(=O)NCCc1ccccc1)Cc1ccccc1)OC. The van der Waals surface area contributed by atoms with Crippen molar-refractivity contribution in [1.29, 1.82) is 0 Å². The second-order valence-corrected chi connectivity index (χ2v) is 6.14. The number of carbonyl (C=O) groups is 1. The Kier molecular flexibility index (Phi) is 8.83. The van der Waals surface area contributed by atoms with Gasteiger partial charge in [-0.25, -0.2) is 0 Å². The molecule has 0 saturated carbocycles. The van der Waals surface area contributed by atoms with Gasteiger partial charge < -0.3 is 14.8 Å². The molecule has 0 spiro atoms. The fourth-order valence-corrected chi connectivity index (χ4v) is 2.73. The Labute approximate surface area is 155 Å². The van der Waals surface area contributed by atoms with Crippen LogP contribution in [0.3, 0.4) is 0 Å². The molecule has 0 aliphatic heterocycles. The van der Waals surface area contributed by atoms with Gasteiger partial charge in [0.1, 0.15) is 0 Å². The predicted molar refractivity (Wildman–Crippen MR) is 103 cm³/mol. The Morgan fingerprint density at radius 1 is 0.962 bits per heavy atom. The van der Waals surface area contributed by atoms with Gasteiger partial charge in [-0.15, -0.1) is 0 Å². The highest BCUT2D eigenvalue weighted by atomic mass is 16.7. The average Bonchev–Trinajstić information content (AvgIpc) is 2.67. The summed E-state index contributed by atoms with van der Waals surface area (Å²) >= 11 is 0. The molecule has 2 aromatic rings. The summed E-state index contributed by atoms with van der Waals surface area (Å²) in [6, 6.07) is 20.2. The molecular formula is C21H28N2O3. The van der Waals surface area contributed by atoms with Crippen molar-refractivity contribution in [3.05, 3.63) is 71.8 Å². The van der Waals surface area contributed by atoms with Crippen LogP contribution in [0.4, 0.5) is 0 Å². The Balaban J connectivity index is 1.86. The lowest BCUT2D eigenvalue weighted by Crippen LogP contribution is -2.41. The molecule has 5 heteroatoms. The summed E-state index contributed by atoms with van der Waals surface area (Å²) in [6.07, 6.45) is 0.458. The first-order valence-corrected chi connectivity index (χ1v) is 8.83. The predicted octanol–water partition coefficient (Wildman–Crippen LogP) is 2.47. The van der Waals surface area contributed by atoms with Crippen molar-refractivity contribution in [3.63, 3.8) is 0 Å². The molecule has 0 aromatic heterocycles. The Hall–Kier alpha value is -2.21. The van der Waals surface area contributed by atoms with E-state index in [1.807, 2.05) is 41.3 Å². The van der Waals surface area contributed by atoms with Crippen molar-refractivity contribution in [2.45, 2.75) is 19.3 Å². The highest BCUT2D eigenvalue weighted by Crippen LogP contribution is 2.06. The maximum atomic E-state index is 12.4. The molecular weight excluding hydrogens is 328 g/mol. The van der Waals surface area contributed by atoms with Crippen LogP contribution in [0.2, 0.25) is 0 Å². The van der Waals surface area contributed by atoms with Crippen molar-refractivity contribution in [3.8, 4) is 0 Å². The van der Waals surface area contributed by atoms with Crippen LogP contribution in [0.15, 0.2) is 60.7 Å². The zero-order valence-corrected chi connectivity index (χ0v) is 15.6. The number of nitrogens with one attached hydrogen (secondary N) is 1. The number of hydrogen-bond donors (Lipinski definition) is 1. The third kappa shape index (κ3) is 7.35. The normalized spacial score (nSPS) is 11.1. The first kappa shape index (κ1) is 20.1. The molecule has 0 aliphatic carbocycles. The smallest absolute Gasteiger partial charge is 0.234 e. The Morgan fingerprint density at radius 2 is 1.54 bits per heavy atom. The highest BCUT2D eigenvalue weighted by molar-refractivity contribution is 5.78. The van der Waals surface area contributed by atoms with E-state index < -0.39 is 0 Å². The average molecular weight is 356 g/mol. The van der Waals surface area contributed by atoms with Crippen LogP contribution in [0.1, 0.15) is 11.1 Å². The third-order valence-corrected chi connectivity index (χ3v) is 4.13. The summed E-state index contributed by atoms with van der Waals surface area (Å²) in [6.45, 7) is 2.11. The standard InChI is InChI=1S/C21H28N2O3/c1-25-21(26-2)17-23(15-19-11-7-4-8-12-19)16-20(24)22-14-13-18-9-5-3-6-10-18/h3-12,21H,13-17H2,1-2H3,(H,22,24). The van der Waals surface area contributed by atoms with E-state index in [4.69, 9.17) is 9.47 Å². The molecule has 5 nitrogen and oxygen atoms in total. The molecule has 0 atom stereocenters. The molecule has 0 radical (unpaired) electrons. The topological polar surface area (TPSA) is 50.8 Å². The third-order valence-electron chi connectivity index (χ3n) is 4.13. The van der Waals surface area contributed by atoms with Gasteiger partial charge in [-0.05, 0) is 17.5 Å². The van der Waals surface area contributed by atoms with Crippen molar-refractivity contribution in [1.82, 2.24) is 10.2 Å². The van der Waals surface area contributed by atoms with E-state index >= 15 is 0 Å². The van der Waals surface area contributed by atoms with E-state index in [1.54, 1.807) is 14.2 Å². The molecule has 0 fully saturated rings. The van der Waals surface area contributed by atoms with Gasteiger partial charge in [-0.3, -0.25) is 9.69 Å². The van der Waals surface area contributed by atoms with Gasteiger partial charge >= 0.3 is 0 Å². The van der Waals surface area contributed by atoms with Crippen molar-refractivity contribution in [2.75, 3.05) is 33.9 Å². The van der Waals surface area contributed by atoms with Gasteiger partial charge in [0.25, 0.3) is 0 Å². The largest absolute Gasteiger partial charge is 0.355 e. The van der Waals surface area contributed by atoms with Crippen LogP contribution in [0.25, 0.3) is 0 Å². The van der Waals surface area contributed by atoms with Crippen LogP contribution >= 0.6 is 0 Å². The van der Waals surface area contributed by atoms with E-state index in [1.165, 1.54) is 5.56 Å². The fourth-order valence-electron chi connectivity index (χ4n) is 2.73. The summed E-state index contributed by atoms with van der Waals surface area (Å²) < 4.78 is 10.6. The molecule has 1 amide bonds. The summed E-state index contributed by atoms with van der Waals surface area (Å²) in [5.41, 5.74) is 2.36. The maximum absolute atomic E-state index is 12.4. The first-order valence-electron chi connectivity index (χ1n) is 8.83. The van der Waals surface area contributed by atoms with Gasteiger partial charge in [0.05, 0.1) is 13.1 Å². The van der Waals surface area contributed by atoms with Crippen molar-refractivity contribution >= 4 is 5.91 Å². The number of amides is 1. The number of nitrogens with zero attached hydrogens (tertiary/aromatic N) is 1. The molecule has 1 N–H and O–H groups in total. The van der Waals surface area contributed by atoms with E-state index in [9.17, 15) is 4.79 Å². The molecule has 140 valence electrons. The van der Waals surface area contributed by atoms with Crippen LogP contribution in [-0.4, -0.2) is 51.0 Å². The van der Waals surface area contributed by atoms with E-state index in [0.717, 1.165) is 12.0 Å². The van der Waals surface area contributed by atoms with Crippen molar-refractivity contribution in [2.24, 2.45) is 0 Å². The molecule has 0 aliphatic rings. The van der Waals surface area contributed by atoms with Gasteiger partial charge in [-0.2, -0.15) is 0 Å². The Bertz CT molecular complexity index is 630. The molecule has 0 unspecified atom stereocenters. The number of hydrogen-bond acceptors (Lipinski definition) is 4. The first-order chi connectivity index (χ1) is 12.7. The minimum Gasteiger partial charge on any atom is -0.355 e. The summed E-state index contributed by atoms with van der Waals surface area (Å²) in [7, 11) is 3.21. The zero-order chi connectivity index (χ0) is 18.6. The summed E-state index contributed by atoms with van der Waals surface area (Å²) in [5, 5.41) is 2.99. The fraction of sp³-hybridized carbons (Fsp3) is 0.381. The van der Waals surface area contributed by atoms with Gasteiger partial charge in [0.15, 0.2) is 6.29 Å². The lowest BCUT2D eigenvalue weighted by atomic mass is 10.1. The second kappa shape index (κ2) is 11.4. The number of carbonyl (C=O) groups excluding carboxylic acids is 1. The lowest BCUT2D eigenvalue weighted by Gasteiger charge is -2.25. The van der Waals surface area contributed by atoms with Crippen LogP contribution < -0.4 is 5.32 Å². The summed E-state index contributed by atoms with van der Waals surface area (Å²) in [4.78, 5) is 14.4. The zero-order valence-electron chi connectivity index (χ0n) is 15.6. The molecule has 0 bridgehead atoms. The van der Waals surface area contributed by atoms with E-state index in [-0.39, 0.29) is 12.2 Å². The van der Waals surface area contributed by atoms with Gasteiger partial charge in [0, 0.05) is 27.3 Å². The molecule has 2 aromatic carbocycles. The minimum atomic E-state index is -0.365. The van der Waals surface area contributed by atoms with Crippen LogP contribution in [0, 0.1) is 0 Å². The molecule has 0 heterocycles. The van der Waals surface area contributed by atoms with E-state index in [0.29, 0.717) is 26.2 Å². The van der Waals surface area contributed by atoms with Gasteiger partial charge in [-0.1, -0.05) is 60.7 Å².